The first kappa shape index (κ1) is 22.7. The van der Waals surface area contributed by atoms with Crippen LogP contribution in [0.1, 0.15) is 42.0 Å². The smallest absolute Gasteiger partial charge is 0.131 e. The summed E-state index contributed by atoms with van der Waals surface area (Å²) in [6, 6.07) is 19.3. The lowest BCUT2D eigenvalue weighted by Crippen LogP contribution is -2.27. The molecule has 1 aliphatic rings. The normalized spacial score (nSPS) is 14.8. The van der Waals surface area contributed by atoms with Crippen molar-refractivity contribution < 1.29 is 24.4 Å². The van der Waals surface area contributed by atoms with Gasteiger partial charge in [-0.15, -0.1) is 0 Å². The largest absolute Gasteiger partial charge is 0.507 e. The number of hydrogen-bond acceptors (Lipinski definition) is 5. The second-order valence-corrected chi connectivity index (χ2v) is 8.79. The maximum Gasteiger partial charge on any atom is 0.131 e. The molecule has 0 spiro atoms. The number of aliphatic hydroxyl groups excluding tert-OH is 1. The fourth-order valence-electron chi connectivity index (χ4n) is 4.03. The lowest BCUT2D eigenvalue weighted by Gasteiger charge is -2.29. The minimum atomic E-state index is -0.414. The molecule has 3 aromatic carbocycles. The summed E-state index contributed by atoms with van der Waals surface area (Å²) in [4.78, 5) is 0. The molecule has 0 saturated heterocycles. The molecule has 0 radical (unpaired) electrons. The first-order chi connectivity index (χ1) is 15.9. The van der Waals surface area contributed by atoms with Crippen LogP contribution in [0.15, 0.2) is 66.7 Å². The van der Waals surface area contributed by atoms with Crippen LogP contribution in [-0.4, -0.2) is 29.5 Å². The van der Waals surface area contributed by atoms with E-state index < -0.39 is 5.60 Å². The predicted molar refractivity (Wildman–Crippen MR) is 129 cm³/mol. The van der Waals surface area contributed by atoms with Gasteiger partial charge in [-0.05, 0) is 55.7 Å². The summed E-state index contributed by atoms with van der Waals surface area (Å²) >= 11 is 0. The van der Waals surface area contributed by atoms with E-state index in [1.54, 1.807) is 7.11 Å². The monoisotopic (exact) mass is 446 g/mol. The molecule has 1 aliphatic heterocycles. The van der Waals surface area contributed by atoms with Gasteiger partial charge in [0.15, 0.2) is 0 Å². The summed E-state index contributed by atoms with van der Waals surface area (Å²) in [5.41, 5.74) is 2.90. The number of methoxy groups -OCH3 is 1. The van der Waals surface area contributed by atoms with E-state index in [2.05, 4.69) is 0 Å². The van der Waals surface area contributed by atoms with Crippen molar-refractivity contribution in [2.24, 2.45) is 0 Å². The summed E-state index contributed by atoms with van der Waals surface area (Å²) in [5.74, 6) is 1.90. The molecule has 172 valence electrons. The Balaban J connectivity index is 1.61. The average Bonchev–Trinajstić information content (AvgIpc) is 2.82. The van der Waals surface area contributed by atoms with Crippen molar-refractivity contribution in [3.8, 4) is 23.0 Å². The highest BCUT2D eigenvalue weighted by Crippen LogP contribution is 2.41. The zero-order valence-electron chi connectivity index (χ0n) is 19.2. The SMILES string of the molecule is COc1ccc(C(CO)Cc2ccc3c(c2O)C=CC(C)(C)O3)c(OCc2ccccc2)c1. The minimum absolute atomic E-state index is 0.0933. The van der Waals surface area contributed by atoms with Crippen molar-refractivity contribution in [1.29, 1.82) is 0 Å². The van der Waals surface area contributed by atoms with Crippen molar-refractivity contribution in [3.63, 3.8) is 0 Å². The Bertz CT molecular complexity index is 1130. The molecule has 0 aliphatic carbocycles. The number of aliphatic hydroxyl groups is 1. The van der Waals surface area contributed by atoms with Gasteiger partial charge in [-0.25, -0.2) is 0 Å². The van der Waals surface area contributed by atoms with E-state index in [0.29, 0.717) is 35.8 Å². The number of hydrogen-bond donors (Lipinski definition) is 2. The molecule has 0 amide bonds. The predicted octanol–water partition coefficient (Wildman–Crippen LogP) is 5.48. The molecule has 1 atom stereocenters. The van der Waals surface area contributed by atoms with Crippen LogP contribution in [0, 0.1) is 0 Å². The van der Waals surface area contributed by atoms with Gasteiger partial charge in [0.25, 0.3) is 0 Å². The number of aromatic hydroxyl groups is 1. The molecule has 0 fully saturated rings. The van der Waals surface area contributed by atoms with Gasteiger partial charge in [0.05, 0.1) is 19.3 Å². The van der Waals surface area contributed by atoms with E-state index in [9.17, 15) is 10.2 Å². The van der Waals surface area contributed by atoms with Gasteiger partial charge in [0.1, 0.15) is 35.2 Å². The van der Waals surface area contributed by atoms with Crippen LogP contribution in [0.5, 0.6) is 23.0 Å². The highest BCUT2D eigenvalue weighted by Gasteiger charge is 2.26. The van der Waals surface area contributed by atoms with Crippen LogP contribution in [0.4, 0.5) is 0 Å². The quantitative estimate of drug-likeness (QED) is 0.479. The maximum atomic E-state index is 10.9. The van der Waals surface area contributed by atoms with Crippen molar-refractivity contribution in [1.82, 2.24) is 0 Å². The molecule has 33 heavy (non-hydrogen) atoms. The molecular formula is C28H30O5. The average molecular weight is 447 g/mol. The zero-order valence-corrected chi connectivity index (χ0v) is 19.2. The van der Waals surface area contributed by atoms with Crippen molar-refractivity contribution >= 4 is 6.08 Å². The lowest BCUT2D eigenvalue weighted by atomic mass is 9.89. The van der Waals surface area contributed by atoms with Gasteiger partial charge in [0.2, 0.25) is 0 Å². The number of rotatable bonds is 8. The number of phenols is 1. The second kappa shape index (κ2) is 9.59. The Morgan fingerprint density at radius 3 is 2.55 bits per heavy atom. The summed E-state index contributed by atoms with van der Waals surface area (Å²) in [6.45, 7) is 4.25. The van der Waals surface area contributed by atoms with E-state index in [1.807, 2.05) is 86.7 Å². The zero-order chi connectivity index (χ0) is 23.4. The molecule has 3 aromatic rings. The lowest BCUT2D eigenvalue weighted by molar-refractivity contribution is 0.158. The van der Waals surface area contributed by atoms with E-state index >= 15 is 0 Å². The molecule has 0 aromatic heterocycles. The number of fused-ring (bicyclic) bond motifs is 1. The molecule has 0 saturated carbocycles. The standard InChI is InChI=1S/C28H30O5/c1-28(2)14-13-24-25(33-28)12-9-20(27(24)30)15-21(17-29)23-11-10-22(31-3)16-26(23)32-18-19-7-5-4-6-8-19/h4-14,16,21,29-30H,15,17-18H2,1-3H3. The molecule has 1 heterocycles. The van der Waals surface area contributed by atoms with Crippen LogP contribution >= 0.6 is 0 Å². The van der Waals surface area contributed by atoms with Crippen molar-refractivity contribution in [2.45, 2.75) is 38.4 Å². The molecular weight excluding hydrogens is 416 g/mol. The number of phenolic OH excluding ortho intramolecular Hbond substituents is 1. The summed E-state index contributed by atoms with van der Waals surface area (Å²) in [6.07, 6.45) is 4.27. The summed E-state index contributed by atoms with van der Waals surface area (Å²) in [5, 5.41) is 21.2. The van der Waals surface area contributed by atoms with E-state index in [0.717, 1.165) is 16.7 Å². The summed E-state index contributed by atoms with van der Waals surface area (Å²) in [7, 11) is 1.61. The molecule has 0 bridgehead atoms. The van der Waals surface area contributed by atoms with Crippen molar-refractivity contribution in [2.75, 3.05) is 13.7 Å². The molecule has 5 nitrogen and oxygen atoms in total. The van der Waals surface area contributed by atoms with E-state index in [-0.39, 0.29) is 18.3 Å². The fourth-order valence-corrected chi connectivity index (χ4v) is 4.03. The van der Waals surface area contributed by atoms with Crippen molar-refractivity contribution in [3.05, 3.63) is 89.0 Å². The molecule has 2 N–H and O–H groups in total. The molecule has 1 unspecified atom stereocenters. The Morgan fingerprint density at radius 2 is 1.82 bits per heavy atom. The number of ether oxygens (including phenoxy) is 3. The Morgan fingerprint density at radius 1 is 1.03 bits per heavy atom. The maximum absolute atomic E-state index is 10.9. The molecule has 4 rings (SSSR count). The minimum Gasteiger partial charge on any atom is -0.507 e. The Hall–Kier alpha value is -3.44. The highest BCUT2D eigenvalue weighted by atomic mass is 16.5. The first-order valence-electron chi connectivity index (χ1n) is 11.1. The van der Waals surface area contributed by atoms with Crippen LogP contribution in [0.3, 0.4) is 0 Å². The topological polar surface area (TPSA) is 68.2 Å². The first-order valence-corrected chi connectivity index (χ1v) is 11.1. The Kier molecular flexibility index (Phi) is 6.61. The molecule has 5 heteroatoms. The Labute approximate surface area is 194 Å². The third-order valence-electron chi connectivity index (χ3n) is 5.87. The van der Waals surface area contributed by atoms with Crippen LogP contribution < -0.4 is 14.2 Å². The van der Waals surface area contributed by atoms with Crippen LogP contribution in [0.25, 0.3) is 6.08 Å². The van der Waals surface area contributed by atoms with Gasteiger partial charge in [-0.1, -0.05) is 42.5 Å². The van der Waals surface area contributed by atoms with Crippen LogP contribution in [0.2, 0.25) is 0 Å². The number of benzene rings is 3. The van der Waals surface area contributed by atoms with Gasteiger partial charge in [-0.3, -0.25) is 0 Å². The third-order valence-corrected chi connectivity index (χ3v) is 5.87. The van der Waals surface area contributed by atoms with Gasteiger partial charge in [0, 0.05) is 17.5 Å². The van der Waals surface area contributed by atoms with Gasteiger partial charge in [-0.2, -0.15) is 0 Å². The summed E-state index contributed by atoms with van der Waals surface area (Å²) < 4.78 is 17.5. The third kappa shape index (κ3) is 5.15. The fraction of sp³-hybridized carbons (Fsp3) is 0.286. The second-order valence-electron chi connectivity index (χ2n) is 8.79. The van der Waals surface area contributed by atoms with E-state index in [1.165, 1.54) is 0 Å². The highest BCUT2D eigenvalue weighted by molar-refractivity contribution is 5.68. The van der Waals surface area contributed by atoms with Crippen LogP contribution in [-0.2, 0) is 13.0 Å². The van der Waals surface area contributed by atoms with E-state index in [4.69, 9.17) is 14.2 Å². The van der Waals surface area contributed by atoms with Gasteiger partial charge >= 0.3 is 0 Å². The van der Waals surface area contributed by atoms with Gasteiger partial charge < -0.3 is 24.4 Å².